The molecule has 1 saturated carbocycles. The van der Waals surface area contributed by atoms with Gasteiger partial charge in [-0.3, -0.25) is 4.79 Å². The van der Waals surface area contributed by atoms with Gasteiger partial charge >= 0.3 is 0 Å². The average molecular weight is 381 g/mol. The van der Waals surface area contributed by atoms with Gasteiger partial charge in [-0.1, -0.05) is 13.0 Å². The number of halogens is 1. The lowest BCUT2D eigenvalue weighted by Crippen LogP contribution is -2.45. The summed E-state index contributed by atoms with van der Waals surface area (Å²) >= 11 is 0. The van der Waals surface area contributed by atoms with Crippen LogP contribution in [0.15, 0.2) is 18.2 Å². The Kier molecular flexibility index (Phi) is 6.30. The molecular formula is C20H29ClN2O3. The molecule has 1 N–H and O–H groups in total. The molecule has 2 fully saturated rings. The Labute approximate surface area is 161 Å². The topological polar surface area (TPSA) is 50.8 Å². The fourth-order valence-corrected chi connectivity index (χ4v) is 4.28. The monoisotopic (exact) mass is 380 g/mol. The largest absolute Gasteiger partial charge is 0.454 e. The third-order valence-electron chi connectivity index (χ3n) is 5.91. The number of nitrogens with one attached hydrogen (secondary N) is 1. The van der Waals surface area contributed by atoms with E-state index in [0.717, 1.165) is 55.3 Å². The second kappa shape index (κ2) is 8.49. The van der Waals surface area contributed by atoms with E-state index in [0.29, 0.717) is 18.5 Å². The van der Waals surface area contributed by atoms with Gasteiger partial charge in [-0.15, -0.1) is 12.4 Å². The molecule has 2 aliphatic heterocycles. The Hall–Kier alpha value is -1.46. The number of benzene rings is 1. The molecule has 4 rings (SSSR count). The van der Waals surface area contributed by atoms with Crippen LogP contribution in [0.2, 0.25) is 0 Å². The number of hydrogen-bond acceptors (Lipinski definition) is 4. The highest BCUT2D eigenvalue weighted by atomic mass is 35.5. The van der Waals surface area contributed by atoms with E-state index in [1.54, 1.807) is 0 Å². The molecule has 0 radical (unpaired) electrons. The Bertz CT molecular complexity index is 625. The SMILES string of the molecule is CC1CCC(N(Cc2ccc3c(c2)OCO3)C(=O)C2CCNC2)CC1.Cl. The first kappa shape index (κ1) is 19.3. The summed E-state index contributed by atoms with van der Waals surface area (Å²) in [6, 6.07) is 6.42. The lowest BCUT2D eigenvalue weighted by molar-refractivity contribution is -0.139. The van der Waals surface area contributed by atoms with Crippen LogP contribution in [0.1, 0.15) is 44.6 Å². The first-order chi connectivity index (χ1) is 12.2. The molecule has 1 atom stereocenters. The summed E-state index contributed by atoms with van der Waals surface area (Å²) in [6.07, 6.45) is 5.64. The van der Waals surface area contributed by atoms with Crippen molar-refractivity contribution in [1.29, 1.82) is 0 Å². The molecular weight excluding hydrogens is 352 g/mol. The molecule has 1 unspecified atom stereocenters. The molecule has 144 valence electrons. The predicted octanol–water partition coefficient (Wildman–Crippen LogP) is 3.35. The smallest absolute Gasteiger partial charge is 0.231 e. The quantitative estimate of drug-likeness (QED) is 0.870. The van der Waals surface area contributed by atoms with Crippen LogP contribution in [-0.2, 0) is 11.3 Å². The van der Waals surface area contributed by atoms with Crippen LogP contribution in [0.25, 0.3) is 0 Å². The van der Waals surface area contributed by atoms with Crippen LogP contribution in [0, 0.1) is 11.8 Å². The van der Waals surface area contributed by atoms with E-state index in [9.17, 15) is 4.79 Å². The number of hydrogen-bond donors (Lipinski definition) is 1. The third-order valence-corrected chi connectivity index (χ3v) is 5.91. The van der Waals surface area contributed by atoms with Gasteiger partial charge in [-0.2, -0.15) is 0 Å². The summed E-state index contributed by atoms with van der Waals surface area (Å²) in [5.74, 6) is 2.83. The molecule has 1 aromatic rings. The Balaban J connectivity index is 0.00000196. The number of carbonyl (C=O) groups excluding carboxylic acids is 1. The van der Waals surface area contributed by atoms with Gasteiger partial charge in [0.05, 0.1) is 5.92 Å². The Morgan fingerprint density at radius 1 is 1.15 bits per heavy atom. The first-order valence-corrected chi connectivity index (χ1v) is 9.60. The Morgan fingerprint density at radius 2 is 1.92 bits per heavy atom. The van der Waals surface area contributed by atoms with Gasteiger partial charge in [0.25, 0.3) is 0 Å². The zero-order chi connectivity index (χ0) is 17.2. The summed E-state index contributed by atoms with van der Waals surface area (Å²) in [6.45, 7) is 5.05. The Morgan fingerprint density at radius 3 is 2.65 bits per heavy atom. The van der Waals surface area contributed by atoms with Gasteiger partial charge in [-0.25, -0.2) is 0 Å². The van der Waals surface area contributed by atoms with Gasteiger partial charge in [0.15, 0.2) is 11.5 Å². The molecule has 1 aromatic carbocycles. The zero-order valence-electron chi connectivity index (χ0n) is 15.4. The van der Waals surface area contributed by atoms with E-state index < -0.39 is 0 Å². The van der Waals surface area contributed by atoms with Crippen molar-refractivity contribution in [3.8, 4) is 11.5 Å². The predicted molar refractivity (Wildman–Crippen MR) is 103 cm³/mol. The van der Waals surface area contributed by atoms with E-state index in [4.69, 9.17) is 9.47 Å². The van der Waals surface area contributed by atoms with Crippen LogP contribution in [-0.4, -0.2) is 36.7 Å². The summed E-state index contributed by atoms with van der Waals surface area (Å²) in [4.78, 5) is 15.3. The lowest BCUT2D eigenvalue weighted by Gasteiger charge is -2.37. The fraction of sp³-hybridized carbons (Fsp3) is 0.650. The van der Waals surface area contributed by atoms with Crippen molar-refractivity contribution in [3.05, 3.63) is 23.8 Å². The van der Waals surface area contributed by atoms with Crippen LogP contribution < -0.4 is 14.8 Å². The van der Waals surface area contributed by atoms with Gasteiger partial charge in [0, 0.05) is 19.1 Å². The number of amides is 1. The van der Waals surface area contributed by atoms with Crippen LogP contribution in [0.5, 0.6) is 11.5 Å². The van der Waals surface area contributed by atoms with Crippen LogP contribution in [0.4, 0.5) is 0 Å². The highest BCUT2D eigenvalue weighted by Crippen LogP contribution is 2.34. The molecule has 1 saturated heterocycles. The molecule has 6 heteroatoms. The standard InChI is InChI=1S/C20H28N2O3.ClH/c1-14-2-5-17(6-3-14)22(20(23)16-8-9-21-11-16)12-15-4-7-18-19(10-15)25-13-24-18;/h4,7,10,14,16-17,21H,2-3,5-6,8-9,11-13H2,1H3;1H. The second-order valence-corrected chi connectivity index (χ2v) is 7.76. The molecule has 3 aliphatic rings. The van der Waals surface area contributed by atoms with Crippen molar-refractivity contribution in [2.24, 2.45) is 11.8 Å². The van der Waals surface area contributed by atoms with E-state index in [-0.39, 0.29) is 25.1 Å². The van der Waals surface area contributed by atoms with Gasteiger partial charge in [0.2, 0.25) is 12.7 Å². The fourth-order valence-electron chi connectivity index (χ4n) is 4.28. The number of ether oxygens (including phenoxy) is 2. The summed E-state index contributed by atoms with van der Waals surface area (Å²) < 4.78 is 10.9. The maximum Gasteiger partial charge on any atom is 0.231 e. The van der Waals surface area contributed by atoms with E-state index >= 15 is 0 Å². The molecule has 5 nitrogen and oxygen atoms in total. The highest BCUT2D eigenvalue weighted by molar-refractivity contribution is 5.85. The van der Waals surface area contributed by atoms with Crippen molar-refractivity contribution in [2.75, 3.05) is 19.9 Å². The molecule has 2 heterocycles. The van der Waals surface area contributed by atoms with E-state index in [1.807, 2.05) is 12.1 Å². The normalized spacial score (nSPS) is 27.0. The molecule has 1 aliphatic carbocycles. The maximum absolute atomic E-state index is 13.2. The number of rotatable bonds is 4. The minimum Gasteiger partial charge on any atom is -0.454 e. The summed E-state index contributed by atoms with van der Waals surface area (Å²) in [5.41, 5.74) is 1.13. The lowest BCUT2D eigenvalue weighted by atomic mass is 9.86. The minimum absolute atomic E-state index is 0. The molecule has 0 bridgehead atoms. The van der Waals surface area contributed by atoms with Gasteiger partial charge < -0.3 is 19.7 Å². The molecule has 1 amide bonds. The van der Waals surface area contributed by atoms with Crippen molar-refractivity contribution < 1.29 is 14.3 Å². The van der Waals surface area contributed by atoms with Crippen LogP contribution in [0.3, 0.4) is 0 Å². The summed E-state index contributed by atoms with van der Waals surface area (Å²) in [5, 5.41) is 3.33. The van der Waals surface area contributed by atoms with Crippen molar-refractivity contribution in [2.45, 2.75) is 51.6 Å². The van der Waals surface area contributed by atoms with E-state index in [2.05, 4.69) is 23.2 Å². The number of nitrogens with zero attached hydrogens (tertiary/aromatic N) is 1. The number of carbonyl (C=O) groups is 1. The second-order valence-electron chi connectivity index (χ2n) is 7.76. The first-order valence-electron chi connectivity index (χ1n) is 9.60. The minimum atomic E-state index is 0. The van der Waals surface area contributed by atoms with Crippen LogP contribution >= 0.6 is 12.4 Å². The number of fused-ring (bicyclic) bond motifs is 1. The van der Waals surface area contributed by atoms with Crippen molar-refractivity contribution in [1.82, 2.24) is 10.2 Å². The maximum atomic E-state index is 13.2. The molecule has 26 heavy (non-hydrogen) atoms. The third kappa shape index (κ3) is 4.09. The summed E-state index contributed by atoms with van der Waals surface area (Å²) in [7, 11) is 0. The van der Waals surface area contributed by atoms with Crippen molar-refractivity contribution in [3.63, 3.8) is 0 Å². The van der Waals surface area contributed by atoms with Gasteiger partial charge in [0.1, 0.15) is 0 Å². The average Bonchev–Trinajstić information content (AvgIpc) is 3.31. The van der Waals surface area contributed by atoms with E-state index in [1.165, 1.54) is 12.8 Å². The highest BCUT2D eigenvalue weighted by Gasteiger charge is 2.33. The van der Waals surface area contributed by atoms with Crippen molar-refractivity contribution >= 4 is 18.3 Å². The zero-order valence-corrected chi connectivity index (χ0v) is 16.2. The van der Waals surface area contributed by atoms with Gasteiger partial charge in [-0.05, 0) is 62.3 Å². The molecule has 0 spiro atoms. The molecule has 0 aromatic heterocycles.